The second kappa shape index (κ2) is 9.38. The van der Waals surface area contributed by atoms with E-state index in [0.29, 0.717) is 29.7 Å². The number of carbonyl (C=O) groups excluding carboxylic acids is 2. The number of nitrogens with zero attached hydrogens (tertiary/aromatic N) is 2. The number of carbonyl (C=O) groups is 2. The van der Waals surface area contributed by atoms with Crippen LogP contribution in [0.2, 0.25) is 0 Å². The van der Waals surface area contributed by atoms with E-state index in [4.69, 9.17) is 0 Å². The van der Waals surface area contributed by atoms with Crippen molar-refractivity contribution >= 4 is 35.3 Å². The maximum atomic E-state index is 12.5. The molecule has 1 atom stereocenters. The first-order valence-electron chi connectivity index (χ1n) is 8.47. The minimum atomic E-state index is -0.505. The third-order valence-corrected chi connectivity index (χ3v) is 5.04. The van der Waals surface area contributed by atoms with Crippen LogP contribution in [0.5, 0.6) is 0 Å². The predicted molar refractivity (Wildman–Crippen MR) is 103 cm³/mol. The third kappa shape index (κ3) is 5.32. The second-order valence-corrected chi connectivity index (χ2v) is 7.45. The van der Waals surface area contributed by atoms with Gasteiger partial charge in [0.15, 0.2) is 0 Å². The second-order valence-electron chi connectivity index (χ2n) is 6.45. The Bertz CT molecular complexity index is 705. The minimum Gasteiger partial charge on any atom is -0.354 e. The lowest BCUT2D eigenvalue weighted by atomic mass is 10.1. The normalized spacial score (nSPS) is 17.0. The number of rotatable bonds is 7. The molecular formula is C18H23N3O4S. The molecule has 2 rings (SSSR count). The molecule has 1 heterocycles. The quantitative estimate of drug-likeness (QED) is 0.448. The fourth-order valence-corrected chi connectivity index (χ4v) is 3.69. The van der Waals surface area contributed by atoms with E-state index in [0.717, 1.165) is 6.42 Å². The van der Waals surface area contributed by atoms with Gasteiger partial charge in [0.2, 0.25) is 11.8 Å². The summed E-state index contributed by atoms with van der Waals surface area (Å²) in [7, 11) is 0. The maximum Gasteiger partial charge on any atom is 0.276 e. The van der Waals surface area contributed by atoms with Crippen LogP contribution in [0.4, 0.5) is 5.69 Å². The van der Waals surface area contributed by atoms with Crippen molar-refractivity contribution in [3.63, 3.8) is 0 Å². The standard InChI is InChI=1S/C18H23N3O4S/c1-13(2)9-10-19-18(23)16-11-26-12-20(16)17(22)8-7-14-5-3-4-6-15(14)21(24)25/h3-8,13,16H,9-12H2,1-2H3,(H,19,23)/b8-7+. The molecule has 1 fully saturated rings. The van der Waals surface area contributed by atoms with Gasteiger partial charge in [-0.15, -0.1) is 11.8 Å². The highest BCUT2D eigenvalue weighted by Crippen LogP contribution is 2.23. The van der Waals surface area contributed by atoms with E-state index < -0.39 is 11.0 Å². The number of nitrogens with one attached hydrogen (secondary N) is 1. The summed E-state index contributed by atoms with van der Waals surface area (Å²) in [4.78, 5) is 36.8. The third-order valence-electron chi connectivity index (χ3n) is 4.03. The van der Waals surface area contributed by atoms with Crippen LogP contribution < -0.4 is 5.32 Å². The van der Waals surface area contributed by atoms with Crippen LogP contribution in [-0.4, -0.2) is 45.9 Å². The molecule has 2 amide bonds. The zero-order valence-corrected chi connectivity index (χ0v) is 15.7. The first-order chi connectivity index (χ1) is 12.4. The zero-order valence-electron chi connectivity index (χ0n) is 14.9. The van der Waals surface area contributed by atoms with Crippen molar-refractivity contribution in [3.8, 4) is 0 Å². The van der Waals surface area contributed by atoms with Crippen molar-refractivity contribution < 1.29 is 14.5 Å². The highest BCUT2D eigenvalue weighted by Gasteiger charge is 2.33. The summed E-state index contributed by atoms with van der Waals surface area (Å²) in [5.74, 6) is 1.01. The molecule has 1 N–H and O–H groups in total. The molecule has 1 aromatic carbocycles. The Morgan fingerprint density at radius 3 is 2.85 bits per heavy atom. The molecule has 26 heavy (non-hydrogen) atoms. The summed E-state index contributed by atoms with van der Waals surface area (Å²) < 4.78 is 0. The maximum absolute atomic E-state index is 12.5. The number of amides is 2. The number of hydrogen-bond acceptors (Lipinski definition) is 5. The Balaban J connectivity index is 2.02. The largest absolute Gasteiger partial charge is 0.354 e. The number of nitro benzene ring substituents is 1. The Labute approximate surface area is 157 Å². The molecule has 0 saturated carbocycles. The topological polar surface area (TPSA) is 92.6 Å². The van der Waals surface area contributed by atoms with E-state index in [-0.39, 0.29) is 17.5 Å². The predicted octanol–water partition coefficient (Wildman–Crippen LogP) is 2.67. The van der Waals surface area contributed by atoms with Gasteiger partial charge in [-0.1, -0.05) is 26.0 Å². The van der Waals surface area contributed by atoms with Crippen LogP contribution in [0.3, 0.4) is 0 Å². The van der Waals surface area contributed by atoms with Crippen LogP contribution in [-0.2, 0) is 9.59 Å². The molecule has 0 radical (unpaired) electrons. The Kier molecular flexibility index (Phi) is 7.20. The van der Waals surface area contributed by atoms with Crippen LogP contribution in [0.1, 0.15) is 25.8 Å². The van der Waals surface area contributed by atoms with E-state index >= 15 is 0 Å². The summed E-state index contributed by atoms with van der Waals surface area (Å²) in [6, 6.07) is 5.72. The zero-order chi connectivity index (χ0) is 19.1. The van der Waals surface area contributed by atoms with Gasteiger partial charge in [0, 0.05) is 24.4 Å². The van der Waals surface area contributed by atoms with E-state index in [1.54, 1.807) is 18.2 Å². The first-order valence-corrected chi connectivity index (χ1v) is 9.63. The molecule has 1 aromatic rings. The highest BCUT2D eigenvalue weighted by atomic mass is 32.2. The van der Waals surface area contributed by atoms with Gasteiger partial charge in [0.1, 0.15) is 6.04 Å². The van der Waals surface area contributed by atoms with Crippen LogP contribution in [0.15, 0.2) is 30.3 Å². The number of nitro groups is 1. The Morgan fingerprint density at radius 2 is 2.15 bits per heavy atom. The monoisotopic (exact) mass is 377 g/mol. The van der Waals surface area contributed by atoms with Crippen LogP contribution >= 0.6 is 11.8 Å². The van der Waals surface area contributed by atoms with Crippen LogP contribution in [0.25, 0.3) is 6.08 Å². The summed E-state index contributed by atoms with van der Waals surface area (Å²) in [6.07, 6.45) is 3.61. The van der Waals surface area contributed by atoms with Gasteiger partial charge in [0.25, 0.3) is 5.69 Å². The molecule has 0 aromatic heterocycles. The molecule has 8 heteroatoms. The van der Waals surface area contributed by atoms with E-state index in [1.807, 2.05) is 0 Å². The van der Waals surface area contributed by atoms with Crippen molar-refractivity contribution in [2.45, 2.75) is 26.3 Å². The van der Waals surface area contributed by atoms with Gasteiger partial charge >= 0.3 is 0 Å². The summed E-state index contributed by atoms with van der Waals surface area (Å²) in [5.41, 5.74) is 0.297. The molecule has 1 aliphatic rings. The van der Waals surface area contributed by atoms with Gasteiger partial charge in [-0.3, -0.25) is 19.7 Å². The molecule has 140 valence electrons. The number of thioether (sulfide) groups is 1. The molecule has 1 unspecified atom stereocenters. The van der Waals surface area contributed by atoms with E-state index in [1.165, 1.54) is 34.9 Å². The lowest BCUT2D eigenvalue weighted by Crippen LogP contribution is -2.47. The summed E-state index contributed by atoms with van der Waals surface area (Å²) in [5, 5.41) is 13.9. The minimum absolute atomic E-state index is 0.0599. The molecule has 1 aliphatic heterocycles. The fraction of sp³-hybridized carbons (Fsp3) is 0.444. The molecule has 0 aliphatic carbocycles. The van der Waals surface area contributed by atoms with Crippen LogP contribution in [0, 0.1) is 16.0 Å². The van der Waals surface area contributed by atoms with Crippen molar-refractivity contribution in [2.24, 2.45) is 5.92 Å². The fourth-order valence-electron chi connectivity index (χ4n) is 2.53. The van der Waals surface area contributed by atoms with Gasteiger partial charge in [-0.05, 0) is 24.5 Å². The van der Waals surface area contributed by atoms with Gasteiger partial charge in [-0.25, -0.2) is 0 Å². The molecule has 1 saturated heterocycles. The smallest absolute Gasteiger partial charge is 0.276 e. The average Bonchev–Trinajstić information content (AvgIpc) is 3.09. The average molecular weight is 377 g/mol. The summed E-state index contributed by atoms with van der Waals surface area (Å²) >= 11 is 1.52. The molecular weight excluding hydrogens is 354 g/mol. The number of benzene rings is 1. The number of para-hydroxylation sites is 1. The molecule has 0 spiro atoms. The van der Waals surface area contributed by atoms with Crippen molar-refractivity contribution in [3.05, 3.63) is 46.0 Å². The van der Waals surface area contributed by atoms with E-state index in [2.05, 4.69) is 19.2 Å². The lowest BCUT2D eigenvalue weighted by Gasteiger charge is -2.22. The molecule has 0 bridgehead atoms. The van der Waals surface area contributed by atoms with E-state index in [9.17, 15) is 19.7 Å². The first kappa shape index (κ1) is 20.0. The summed E-state index contributed by atoms with van der Waals surface area (Å²) in [6.45, 7) is 4.76. The molecule has 7 nitrogen and oxygen atoms in total. The lowest BCUT2D eigenvalue weighted by molar-refractivity contribution is -0.385. The number of hydrogen-bond donors (Lipinski definition) is 1. The highest BCUT2D eigenvalue weighted by molar-refractivity contribution is 7.99. The van der Waals surface area contributed by atoms with Gasteiger partial charge in [-0.2, -0.15) is 0 Å². The van der Waals surface area contributed by atoms with Crippen molar-refractivity contribution in [1.82, 2.24) is 10.2 Å². The van der Waals surface area contributed by atoms with Crippen molar-refractivity contribution in [1.29, 1.82) is 0 Å². The van der Waals surface area contributed by atoms with Gasteiger partial charge < -0.3 is 10.2 Å². The SMILES string of the molecule is CC(C)CCNC(=O)C1CSCN1C(=O)/C=C/c1ccccc1[N+](=O)[O-]. The van der Waals surface area contributed by atoms with Gasteiger partial charge in [0.05, 0.1) is 16.4 Å². The van der Waals surface area contributed by atoms with Crippen molar-refractivity contribution in [2.75, 3.05) is 18.2 Å². The Morgan fingerprint density at radius 1 is 1.42 bits per heavy atom. The Hall–Kier alpha value is -2.35.